The highest BCUT2D eigenvalue weighted by Crippen LogP contribution is 2.46. The summed E-state index contributed by atoms with van der Waals surface area (Å²) in [6.07, 6.45) is 9.73. The number of unbranched alkanes of at least 4 members (excludes halogenated alkanes) is 2. The van der Waals surface area contributed by atoms with E-state index in [1.807, 2.05) is 12.1 Å². The summed E-state index contributed by atoms with van der Waals surface area (Å²) in [6.45, 7) is 10.5. The molecule has 0 fully saturated rings. The fourth-order valence-corrected chi connectivity index (χ4v) is 3.85. The quantitative estimate of drug-likeness (QED) is 0.459. The van der Waals surface area contributed by atoms with Gasteiger partial charge in [-0.05, 0) is 62.6 Å². The third-order valence-corrected chi connectivity index (χ3v) is 5.31. The summed E-state index contributed by atoms with van der Waals surface area (Å²) in [5.41, 5.74) is 4.22. The maximum Gasteiger partial charge on any atom is 0.123 e. The summed E-state index contributed by atoms with van der Waals surface area (Å²) in [6, 6.07) is 3.68. The molecule has 1 aliphatic carbocycles. The first-order valence-electron chi connectivity index (χ1n) is 9.37. The Morgan fingerprint density at radius 1 is 1.17 bits per heavy atom. The van der Waals surface area contributed by atoms with Crippen LogP contribution in [0.15, 0.2) is 35.9 Å². The molecule has 2 N–H and O–H groups in total. The van der Waals surface area contributed by atoms with Gasteiger partial charge in [0.25, 0.3) is 0 Å². The summed E-state index contributed by atoms with van der Waals surface area (Å²) in [4.78, 5) is 0. The second-order valence-corrected chi connectivity index (χ2v) is 7.20. The van der Waals surface area contributed by atoms with Crippen LogP contribution < -0.4 is 0 Å². The van der Waals surface area contributed by atoms with Gasteiger partial charge in [-0.15, -0.1) is 0 Å². The minimum atomic E-state index is 0.0240. The predicted octanol–water partition coefficient (Wildman–Crippen LogP) is 6.24. The molecular weight excluding hydrogens is 296 g/mol. The van der Waals surface area contributed by atoms with Crippen LogP contribution in [-0.4, -0.2) is 10.2 Å². The Balaban J connectivity index is 2.36. The third-order valence-electron chi connectivity index (χ3n) is 5.31. The van der Waals surface area contributed by atoms with E-state index in [-0.39, 0.29) is 23.3 Å². The Kier molecular flexibility index (Phi) is 6.53. The average molecular weight is 328 g/mol. The van der Waals surface area contributed by atoms with Crippen molar-refractivity contribution in [3.8, 4) is 11.5 Å². The van der Waals surface area contributed by atoms with Crippen LogP contribution in [0.2, 0.25) is 0 Å². The van der Waals surface area contributed by atoms with Crippen LogP contribution in [0.5, 0.6) is 11.5 Å². The second-order valence-electron chi connectivity index (χ2n) is 7.20. The van der Waals surface area contributed by atoms with E-state index in [4.69, 9.17) is 0 Å². The molecule has 1 aromatic rings. The molecule has 24 heavy (non-hydrogen) atoms. The number of rotatable bonds is 7. The Hall–Kier alpha value is -1.70. The van der Waals surface area contributed by atoms with Crippen LogP contribution in [0.3, 0.4) is 0 Å². The molecule has 0 aromatic heterocycles. The fourth-order valence-electron chi connectivity index (χ4n) is 3.85. The van der Waals surface area contributed by atoms with Crippen molar-refractivity contribution in [2.45, 2.75) is 71.6 Å². The molecule has 2 nitrogen and oxygen atoms in total. The van der Waals surface area contributed by atoms with Crippen molar-refractivity contribution in [2.24, 2.45) is 5.92 Å². The summed E-state index contributed by atoms with van der Waals surface area (Å²) >= 11 is 0. The number of phenolic OH excluding ortho intramolecular Hbond substituents is 2. The Bertz CT molecular complexity index is 589. The van der Waals surface area contributed by atoms with Gasteiger partial charge in [0.1, 0.15) is 11.5 Å². The lowest BCUT2D eigenvalue weighted by atomic mass is 9.73. The van der Waals surface area contributed by atoms with Crippen molar-refractivity contribution >= 4 is 0 Å². The second kappa shape index (κ2) is 8.41. The summed E-state index contributed by atoms with van der Waals surface area (Å²) in [7, 11) is 0. The molecule has 2 atom stereocenters. The van der Waals surface area contributed by atoms with E-state index in [0.717, 1.165) is 43.2 Å². The summed E-state index contributed by atoms with van der Waals surface area (Å²) in [5, 5.41) is 21.2. The summed E-state index contributed by atoms with van der Waals surface area (Å²) in [5.74, 6) is 0.761. The van der Waals surface area contributed by atoms with Gasteiger partial charge in [0.2, 0.25) is 0 Å². The standard InChI is InChI=1S/C22H32O2/c1-5-7-8-9-17-13-20(23)22(21(24)14-17)19-12-16(6-2)10-11-18(19)15(3)4/h12-14,18-19,23-24H,3,5-11H2,1-2,4H3. The van der Waals surface area contributed by atoms with Crippen LogP contribution in [0.1, 0.15) is 76.3 Å². The zero-order valence-corrected chi connectivity index (χ0v) is 15.4. The number of aryl methyl sites for hydroxylation is 1. The first kappa shape index (κ1) is 18.6. The van der Waals surface area contributed by atoms with Gasteiger partial charge >= 0.3 is 0 Å². The molecule has 1 aliphatic rings. The van der Waals surface area contributed by atoms with Crippen LogP contribution in [-0.2, 0) is 6.42 Å². The van der Waals surface area contributed by atoms with Crippen molar-refractivity contribution < 1.29 is 10.2 Å². The van der Waals surface area contributed by atoms with Crippen molar-refractivity contribution in [2.75, 3.05) is 0 Å². The molecule has 1 aromatic carbocycles. The van der Waals surface area contributed by atoms with E-state index in [1.54, 1.807) is 0 Å². The molecule has 0 saturated heterocycles. The lowest BCUT2D eigenvalue weighted by Crippen LogP contribution is -2.17. The van der Waals surface area contributed by atoms with Gasteiger partial charge in [0, 0.05) is 11.5 Å². The van der Waals surface area contributed by atoms with E-state index in [1.165, 1.54) is 18.4 Å². The van der Waals surface area contributed by atoms with Gasteiger partial charge in [0.05, 0.1) is 0 Å². The van der Waals surface area contributed by atoms with Gasteiger partial charge in [-0.1, -0.05) is 50.5 Å². The maximum absolute atomic E-state index is 10.6. The molecule has 0 heterocycles. The topological polar surface area (TPSA) is 40.5 Å². The van der Waals surface area contributed by atoms with E-state index < -0.39 is 0 Å². The number of allylic oxidation sites excluding steroid dienone is 3. The minimum absolute atomic E-state index is 0.0240. The maximum atomic E-state index is 10.6. The van der Waals surface area contributed by atoms with Gasteiger partial charge in [-0.25, -0.2) is 0 Å². The monoisotopic (exact) mass is 328 g/mol. The number of phenols is 2. The van der Waals surface area contributed by atoms with Crippen molar-refractivity contribution in [1.82, 2.24) is 0 Å². The molecule has 2 heteroatoms. The van der Waals surface area contributed by atoms with Gasteiger partial charge in [-0.2, -0.15) is 0 Å². The SMILES string of the molecule is C=C(C)C1CCC(CC)=CC1c1c(O)cc(CCCCC)cc1O. The highest BCUT2D eigenvalue weighted by molar-refractivity contribution is 5.51. The minimum Gasteiger partial charge on any atom is -0.507 e. The molecule has 2 rings (SSSR count). The zero-order valence-electron chi connectivity index (χ0n) is 15.4. The molecule has 132 valence electrons. The number of aromatic hydroxyl groups is 2. The van der Waals surface area contributed by atoms with Crippen LogP contribution in [0.4, 0.5) is 0 Å². The first-order valence-corrected chi connectivity index (χ1v) is 9.37. The number of benzene rings is 1. The lowest BCUT2D eigenvalue weighted by molar-refractivity contribution is 0.404. The first-order chi connectivity index (χ1) is 11.5. The van der Waals surface area contributed by atoms with Gasteiger partial charge in [-0.3, -0.25) is 0 Å². The molecular formula is C22H32O2. The Morgan fingerprint density at radius 2 is 1.83 bits per heavy atom. The number of hydrogen-bond donors (Lipinski definition) is 2. The van der Waals surface area contributed by atoms with Crippen LogP contribution in [0, 0.1) is 5.92 Å². The molecule has 0 spiro atoms. The van der Waals surface area contributed by atoms with Crippen molar-refractivity contribution in [3.63, 3.8) is 0 Å². The van der Waals surface area contributed by atoms with E-state index in [9.17, 15) is 10.2 Å². The molecule has 0 aliphatic heterocycles. The fraction of sp³-hybridized carbons (Fsp3) is 0.545. The molecule has 0 bridgehead atoms. The molecule has 0 radical (unpaired) electrons. The Morgan fingerprint density at radius 3 is 2.38 bits per heavy atom. The summed E-state index contributed by atoms with van der Waals surface area (Å²) < 4.78 is 0. The number of hydrogen-bond acceptors (Lipinski definition) is 2. The van der Waals surface area contributed by atoms with E-state index in [0.29, 0.717) is 5.56 Å². The molecule has 0 amide bonds. The lowest BCUT2D eigenvalue weighted by Gasteiger charge is -2.32. The van der Waals surface area contributed by atoms with Crippen molar-refractivity contribution in [3.05, 3.63) is 47.1 Å². The normalized spacial score (nSPS) is 20.7. The molecule has 0 saturated carbocycles. The zero-order chi connectivity index (χ0) is 17.7. The molecule has 2 unspecified atom stereocenters. The third kappa shape index (κ3) is 4.23. The van der Waals surface area contributed by atoms with Crippen molar-refractivity contribution in [1.29, 1.82) is 0 Å². The van der Waals surface area contributed by atoms with Gasteiger partial charge in [0.15, 0.2) is 0 Å². The smallest absolute Gasteiger partial charge is 0.123 e. The Labute approximate surface area is 146 Å². The van der Waals surface area contributed by atoms with E-state index >= 15 is 0 Å². The highest BCUT2D eigenvalue weighted by atomic mass is 16.3. The highest BCUT2D eigenvalue weighted by Gasteiger charge is 2.30. The predicted molar refractivity (Wildman–Crippen MR) is 102 cm³/mol. The van der Waals surface area contributed by atoms with Crippen LogP contribution >= 0.6 is 0 Å². The van der Waals surface area contributed by atoms with Gasteiger partial charge < -0.3 is 10.2 Å². The van der Waals surface area contributed by atoms with E-state index in [2.05, 4.69) is 33.4 Å². The average Bonchev–Trinajstić information content (AvgIpc) is 2.54. The van der Waals surface area contributed by atoms with Crippen LogP contribution in [0.25, 0.3) is 0 Å². The largest absolute Gasteiger partial charge is 0.507 e.